The summed E-state index contributed by atoms with van der Waals surface area (Å²) in [5.74, 6) is 0.986. The van der Waals surface area contributed by atoms with Gasteiger partial charge in [0, 0.05) is 19.1 Å². The van der Waals surface area contributed by atoms with E-state index in [9.17, 15) is 4.79 Å². The van der Waals surface area contributed by atoms with Crippen molar-refractivity contribution in [2.24, 2.45) is 5.73 Å². The normalized spacial score (nSPS) is 18.4. The molecule has 1 heterocycles. The predicted molar refractivity (Wildman–Crippen MR) is 79.8 cm³/mol. The summed E-state index contributed by atoms with van der Waals surface area (Å²) < 4.78 is 5.66. The number of amides is 1. The molecule has 4 heteroatoms. The molecule has 2 N–H and O–H groups in total. The minimum atomic E-state index is 0.154. The summed E-state index contributed by atoms with van der Waals surface area (Å²) in [5, 5.41) is 0. The average Bonchev–Trinajstić information content (AvgIpc) is 2.91. The number of hydrogen-bond acceptors (Lipinski definition) is 3. The average molecular weight is 276 g/mol. The Morgan fingerprint density at radius 3 is 2.90 bits per heavy atom. The third-order valence-corrected chi connectivity index (χ3v) is 4.03. The zero-order valence-corrected chi connectivity index (χ0v) is 12.4. The van der Waals surface area contributed by atoms with Gasteiger partial charge in [-0.1, -0.05) is 6.07 Å². The van der Waals surface area contributed by atoms with Gasteiger partial charge in [0.15, 0.2) is 0 Å². The SMILES string of the molecule is Cc1ccc(OCCC(=O)N2CCCC2CN)cc1C. The molecule has 2 rings (SSSR count). The highest BCUT2D eigenvalue weighted by Crippen LogP contribution is 2.19. The lowest BCUT2D eigenvalue weighted by Gasteiger charge is -2.23. The highest BCUT2D eigenvalue weighted by molar-refractivity contribution is 5.77. The summed E-state index contributed by atoms with van der Waals surface area (Å²) in [4.78, 5) is 14.0. The Labute approximate surface area is 120 Å². The lowest BCUT2D eigenvalue weighted by Crippen LogP contribution is -2.40. The van der Waals surface area contributed by atoms with Crippen LogP contribution in [0.25, 0.3) is 0 Å². The summed E-state index contributed by atoms with van der Waals surface area (Å²) in [7, 11) is 0. The van der Waals surface area contributed by atoms with Gasteiger partial charge in [0.25, 0.3) is 0 Å². The fourth-order valence-corrected chi connectivity index (χ4v) is 2.61. The van der Waals surface area contributed by atoms with E-state index in [1.807, 2.05) is 23.1 Å². The molecule has 1 fully saturated rings. The standard InChI is InChI=1S/C16H24N2O2/c1-12-5-6-15(10-13(12)2)20-9-7-16(19)18-8-3-4-14(18)11-17/h5-6,10,14H,3-4,7-9,11,17H2,1-2H3. The first-order valence-electron chi connectivity index (χ1n) is 7.31. The van der Waals surface area contributed by atoms with Crippen LogP contribution in [-0.4, -0.2) is 36.5 Å². The first kappa shape index (κ1) is 14.9. The van der Waals surface area contributed by atoms with Gasteiger partial charge in [-0.2, -0.15) is 0 Å². The number of ether oxygens (including phenoxy) is 1. The molecule has 1 aliphatic rings. The zero-order chi connectivity index (χ0) is 14.5. The van der Waals surface area contributed by atoms with Crippen LogP contribution in [0.4, 0.5) is 0 Å². The Balaban J connectivity index is 1.80. The van der Waals surface area contributed by atoms with Gasteiger partial charge in [-0.05, 0) is 49.9 Å². The van der Waals surface area contributed by atoms with Crippen molar-refractivity contribution < 1.29 is 9.53 Å². The number of rotatable bonds is 5. The van der Waals surface area contributed by atoms with Gasteiger partial charge in [-0.15, -0.1) is 0 Å². The number of carbonyl (C=O) groups is 1. The van der Waals surface area contributed by atoms with Gasteiger partial charge in [-0.3, -0.25) is 4.79 Å². The minimum absolute atomic E-state index is 0.154. The molecule has 20 heavy (non-hydrogen) atoms. The Morgan fingerprint density at radius 2 is 2.20 bits per heavy atom. The van der Waals surface area contributed by atoms with Crippen LogP contribution in [0.3, 0.4) is 0 Å². The molecule has 1 aromatic rings. The molecule has 1 saturated heterocycles. The van der Waals surface area contributed by atoms with Gasteiger partial charge in [0.05, 0.1) is 13.0 Å². The highest BCUT2D eigenvalue weighted by atomic mass is 16.5. The first-order chi connectivity index (χ1) is 9.61. The van der Waals surface area contributed by atoms with E-state index >= 15 is 0 Å². The van der Waals surface area contributed by atoms with Crippen LogP contribution in [0.15, 0.2) is 18.2 Å². The van der Waals surface area contributed by atoms with Crippen molar-refractivity contribution in [1.29, 1.82) is 0 Å². The van der Waals surface area contributed by atoms with Crippen LogP contribution in [-0.2, 0) is 4.79 Å². The summed E-state index contributed by atoms with van der Waals surface area (Å²) in [5.41, 5.74) is 8.14. The highest BCUT2D eigenvalue weighted by Gasteiger charge is 2.26. The Bertz CT molecular complexity index is 474. The third kappa shape index (κ3) is 3.51. The topological polar surface area (TPSA) is 55.6 Å². The van der Waals surface area contributed by atoms with E-state index in [4.69, 9.17) is 10.5 Å². The number of benzene rings is 1. The first-order valence-corrected chi connectivity index (χ1v) is 7.31. The van der Waals surface area contributed by atoms with Crippen molar-refractivity contribution in [2.45, 2.75) is 39.2 Å². The van der Waals surface area contributed by atoms with E-state index in [-0.39, 0.29) is 11.9 Å². The van der Waals surface area contributed by atoms with Crippen LogP contribution in [0, 0.1) is 13.8 Å². The number of aryl methyl sites for hydroxylation is 2. The maximum atomic E-state index is 12.1. The van der Waals surface area contributed by atoms with Crippen LogP contribution >= 0.6 is 0 Å². The molecule has 0 saturated carbocycles. The maximum Gasteiger partial charge on any atom is 0.226 e. The molecular formula is C16H24N2O2. The molecule has 0 aromatic heterocycles. The second-order valence-electron chi connectivity index (χ2n) is 5.46. The Hall–Kier alpha value is -1.55. The van der Waals surface area contributed by atoms with Crippen molar-refractivity contribution in [1.82, 2.24) is 4.90 Å². The maximum absolute atomic E-state index is 12.1. The van der Waals surface area contributed by atoms with E-state index in [0.29, 0.717) is 19.6 Å². The largest absolute Gasteiger partial charge is 0.493 e. The molecule has 1 aliphatic heterocycles. The molecular weight excluding hydrogens is 252 g/mol. The quantitative estimate of drug-likeness (QED) is 0.895. The van der Waals surface area contributed by atoms with Crippen molar-refractivity contribution in [2.75, 3.05) is 19.7 Å². The molecule has 0 aliphatic carbocycles. The molecule has 1 amide bonds. The van der Waals surface area contributed by atoms with E-state index in [0.717, 1.165) is 25.1 Å². The lowest BCUT2D eigenvalue weighted by molar-refractivity contribution is -0.132. The number of nitrogens with two attached hydrogens (primary N) is 1. The molecule has 4 nitrogen and oxygen atoms in total. The third-order valence-electron chi connectivity index (χ3n) is 4.03. The summed E-state index contributed by atoms with van der Waals surface area (Å²) in [6.45, 7) is 5.95. The van der Waals surface area contributed by atoms with Gasteiger partial charge in [0.1, 0.15) is 5.75 Å². The number of hydrogen-bond donors (Lipinski definition) is 1. The molecule has 0 radical (unpaired) electrons. The fraction of sp³-hybridized carbons (Fsp3) is 0.562. The molecule has 1 unspecified atom stereocenters. The van der Waals surface area contributed by atoms with Gasteiger partial charge < -0.3 is 15.4 Å². The van der Waals surface area contributed by atoms with Crippen molar-refractivity contribution in [3.63, 3.8) is 0 Å². The van der Waals surface area contributed by atoms with Crippen LogP contribution in [0.2, 0.25) is 0 Å². The number of nitrogens with zero attached hydrogens (tertiary/aromatic N) is 1. The van der Waals surface area contributed by atoms with Crippen molar-refractivity contribution in [3.8, 4) is 5.75 Å². The van der Waals surface area contributed by atoms with Crippen LogP contribution < -0.4 is 10.5 Å². The van der Waals surface area contributed by atoms with Gasteiger partial charge >= 0.3 is 0 Å². The fourth-order valence-electron chi connectivity index (χ4n) is 2.61. The number of likely N-dealkylation sites (tertiary alicyclic amines) is 1. The smallest absolute Gasteiger partial charge is 0.226 e. The minimum Gasteiger partial charge on any atom is -0.493 e. The van der Waals surface area contributed by atoms with E-state index < -0.39 is 0 Å². The molecule has 110 valence electrons. The Morgan fingerprint density at radius 1 is 1.40 bits per heavy atom. The summed E-state index contributed by atoms with van der Waals surface area (Å²) in [6, 6.07) is 6.23. The molecule has 0 bridgehead atoms. The number of carbonyl (C=O) groups excluding carboxylic acids is 1. The summed E-state index contributed by atoms with van der Waals surface area (Å²) >= 11 is 0. The van der Waals surface area contributed by atoms with Crippen LogP contribution in [0.1, 0.15) is 30.4 Å². The van der Waals surface area contributed by atoms with Crippen molar-refractivity contribution in [3.05, 3.63) is 29.3 Å². The monoisotopic (exact) mass is 276 g/mol. The Kier molecular flexibility index (Phi) is 5.01. The van der Waals surface area contributed by atoms with E-state index in [1.165, 1.54) is 11.1 Å². The van der Waals surface area contributed by atoms with E-state index in [2.05, 4.69) is 13.8 Å². The molecule has 0 spiro atoms. The van der Waals surface area contributed by atoms with Crippen molar-refractivity contribution >= 4 is 5.91 Å². The summed E-state index contributed by atoms with van der Waals surface area (Å²) in [6.07, 6.45) is 2.51. The van der Waals surface area contributed by atoms with Gasteiger partial charge in [-0.25, -0.2) is 0 Å². The molecule has 1 atom stereocenters. The lowest BCUT2D eigenvalue weighted by atomic mass is 10.1. The second-order valence-corrected chi connectivity index (χ2v) is 5.46. The predicted octanol–water partition coefficient (Wildman–Crippen LogP) is 2.02. The van der Waals surface area contributed by atoms with Gasteiger partial charge in [0.2, 0.25) is 5.91 Å². The molecule has 1 aromatic carbocycles. The zero-order valence-electron chi connectivity index (χ0n) is 12.4. The van der Waals surface area contributed by atoms with Crippen LogP contribution in [0.5, 0.6) is 5.75 Å². The second kappa shape index (κ2) is 6.75. The van der Waals surface area contributed by atoms with E-state index in [1.54, 1.807) is 0 Å².